The summed E-state index contributed by atoms with van der Waals surface area (Å²) in [4.78, 5) is 14.2. The molecular formula is C14H15N3O4. The van der Waals surface area contributed by atoms with Gasteiger partial charge in [0.25, 0.3) is 5.91 Å². The summed E-state index contributed by atoms with van der Waals surface area (Å²) >= 11 is 0. The third-order valence-corrected chi connectivity index (χ3v) is 3.88. The summed E-state index contributed by atoms with van der Waals surface area (Å²) in [5.41, 5.74) is 1.06. The summed E-state index contributed by atoms with van der Waals surface area (Å²) in [7, 11) is 0. The van der Waals surface area contributed by atoms with Crippen LogP contribution in [0.25, 0.3) is 11.5 Å². The highest BCUT2D eigenvalue weighted by molar-refractivity contribution is 5.93. The highest BCUT2D eigenvalue weighted by atomic mass is 16.7. The van der Waals surface area contributed by atoms with E-state index in [0.717, 1.165) is 0 Å². The van der Waals surface area contributed by atoms with Gasteiger partial charge < -0.3 is 18.8 Å². The molecule has 0 unspecified atom stereocenters. The molecule has 110 valence electrons. The van der Waals surface area contributed by atoms with Crippen molar-refractivity contribution >= 4 is 5.91 Å². The number of carbonyl (C=O) groups excluding carboxylic acids is 1. The molecule has 7 nitrogen and oxygen atoms in total. The molecule has 2 aromatic rings. The van der Waals surface area contributed by atoms with Gasteiger partial charge in [-0.3, -0.25) is 9.89 Å². The lowest BCUT2D eigenvalue weighted by Gasteiger charge is -2.21. The fourth-order valence-electron chi connectivity index (χ4n) is 2.81. The Hall–Kier alpha value is -2.12. The maximum atomic E-state index is 12.5. The molecule has 0 bridgehead atoms. The minimum Gasteiger partial charge on any atom is -0.463 e. The number of likely N-dealkylation sites (tertiary alicyclic amines) is 1. The van der Waals surface area contributed by atoms with E-state index in [2.05, 4.69) is 10.2 Å². The number of H-pyrrole nitrogens is 1. The van der Waals surface area contributed by atoms with Gasteiger partial charge in [0.1, 0.15) is 5.69 Å². The van der Waals surface area contributed by atoms with Crippen LogP contribution in [0.3, 0.4) is 0 Å². The van der Waals surface area contributed by atoms with Crippen LogP contribution in [0.5, 0.6) is 0 Å². The zero-order valence-electron chi connectivity index (χ0n) is 11.4. The van der Waals surface area contributed by atoms with E-state index in [9.17, 15) is 4.79 Å². The van der Waals surface area contributed by atoms with E-state index in [4.69, 9.17) is 13.9 Å². The number of furan rings is 1. The molecule has 7 heteroatoms. The Labute approximate surface area is 120 Å². The second-order valence-electron chi connectivity index (χ2n) is 5.23. The Bertz CT molecular complexity index is 643. The number of aromatic nitrogens is 2. The van der Waals surface area contributed by atoms with Crippen molar-refractivity contribution in [2.45, 2.75) is 12.2 Å². The Kier molecular flexibility index (Phi) is 2.83. The number of rotatable bonds is 2. The fourth-order valence-corrected chi connectivity index (χ4v) is 2.81. The van der Waals surface area contributed by atoms with Gasteiger partial charge in [0.15, 0.2) is 17.2 Å². The number of aromatic amines is 1. The first-order valence-corrected chi connectivity index (χ1v) is 6.92. The van der Waals surface area contributed by atoms with Crippen molar-refractivity contribution in [3.05, 3.63) is 30.2 Å². The maximum Gasteiger partial charge on any atom is 0.274 e. The topological polar surface area (TPSA) is 80.6 Å². The normalized spacial score (nSPS) is 20.5. The van der Waals surface area contributed by atoms with Gasteiger partial charge >= 0.3 is 0 Å². The Morgan fingerprint density at radius 2 is 2.24 bits per heavy atom. The molecule has 1 spiro atoms. The zero-order chi connectivity index (χ0) is 14.3. The van der Waals surface area contributed by atoms with Crippen molar-refractivity contribution in [3.63, 3.8) is 0 Å². The lowest BCUT2D eigenvalue weighted by atomic mass is 10.2. The highest BCUT2D eigenvalue weighted by Gasteiger charge is 2.45. The first-order chi connectivity index (χ1) is 10.3. The van der Waals surface area contributed by atoms with Crippen LogP contribution in [-0.4, -0.2) is 53.1 Å². The van der Waals surface area contributed by atoms with Crippen molar-refractivity contribution in [2.75, 3.05) is 26.3 Å². The summed E-state index contributed by atoms with van der Waals surface area (Å²) in [5.74, 6) is -0.0718. The first-order valence-electron chi connectivity index (χ1n) is 6.92. The average Bonchev–Trinajstić information content (AvgIpc) is 3.29. The van der Waals surface area contributed by atoms with E-state index >= 15 is 0 Å². The molecule has 21 heavy (non-hydrogen) atoms. The van der Waals surface area contributed by atoms with Gasteiger partial charge in [0.2, 0.25) is 0 Å². The SMILES string of the molecule is O=C(c1cc(-c2ccco2)[nH]n1)N1CCC2(C1)OCCO2. The number of amides is 1. The van der Waals surface area contributed by atoms with Crippen molar-refractivity contribution in [1.29, 1.82) is 0 Å². The van der Waals surface area contributed by atoms with Gasteiger partial charge in [-0.15, -0.1) is 0 Å². The third kappa shape index (κ3) is 2.14. The molecule has 2 saturated heterocycles. The molecule has 1 amide bonds. The summed E-state index contributed by atoms with van der Waals surface area (Å²) in [5, 5.41) is 6.89. The first kappa shape index (κ1) is 12.6. The van der Waals surface area contributed by atoms with Crippen molar-refractivity contribution in [2.24, 2.45) is 0 Å². The van der Waals surface area contributed by atoms with Gasteiger partial charge in [-0.25, -0.2) is 0 Å². The summed E-state index contributed by atoms with van der Waals surface area (Å²) < 4.78 is 16.5. The Morgan fingerprint density at radius 3 is 3.00 bits per heavy atom. The van der Waals surface area contributed by atoms with E-state index in [1.807, 2.05) is 6.07 Å². The van der Waals surface area contributed by atoms with E-state index in [1.165, 1.54) is 0 Å². The van der Waals surface area contributed by atoms with Gasteiger partial charge in [-0.05, 0) is 12.1 Å². The van der Waals surface area contributed by atoms with Crippen molar-refractivity contribution in [1.82, 2.24) is 15.1 Å². The van der Waals surface area contributed by atoms with Gasteiger partial charge in [-0.1, -0.05) is 0 Å². The molecule has 2 aliphatic rings. The predicted octanol–water partition coefficient (Wildman–Crippen LogP) is 1.26. The van der Waals surface area contributed by atoms with Crippen LogP contribution < -0.4 is 0 Å². The standard InChI is InChI=1S/C14H15N3O4/c18-13(17-4-3-14(9-17)20-6-7-21-14)11-8-10(15-16-11)12-2-1-5-19-12/h1-2,5,8H,3-4,6-7,9H2,(H,15,16). The minimum absolute atomic E-state index is 0.125. The molecular weight excluding hydrogens is 274 g/mol. The van der Waals surface area contributed by atoms with E-state index < -0.39 is 5.79 Å². The van der Waals surface area contributed by atoms with Gasteiger partial charge in [0.05, 0.1) is 26.0 Å². The summed E-state index contributed by atoms with van der Waals surface area (Å²) in [6.07, 6.45) is 2.28. The number of carbonyl (C=O) groups is 1. The van der Waals surface area contributed by atoms with E-state index in [0.29, 0.717) is 49.9 Å². The maximum absolute atomic E-state index is 12.5. The number of hydrogen-bond acceptors (Lipinski definition) is 5. The largest absolute Gasteiger partial charge is 0.463 e. The average molecular weight is 289 g/mol. The van der Waals surface area contributed by atoms with E-state index in [1.54, 1.807) is 23.3 Å². The quantitative estimate of drug-likeness (QED) is 0.900. The van der Waals surface area contributed by atoms with Gasteiger partial charge in [-0.2, -0.15) is 5.10 Å². The molecule has 2 fully saturated rings. The number of hydrogen-bond donors (Lipinski definition) is 1. The van der Waals surface area contributed by atoms with Crippen molar-refractivity contribution in [3.8, 4) is 11.5 Å². The number of nitrogens with one attached hydrogen (secondary N) is 1. The van der Waals surface area contributed by atoms with Crippen LogP contribution in [0.2, 0.25) is 0 Å². The van der Waals surface area contributed by atoms with Gasteiger partial charge in [0, 0.05) is 19.0 Å². The number of nitrogens with zero attached hydrogens (tertiary/aromatic N) is 2. The van der Waals surface area contributed by atoms with Crippen LogP contribution in [0.15, 0.2) is 28.9 Å². The smallest absolute Gasteiger partial charge is 0.274 e. The second-order valence-corrected chi connectivity index (χ2v) is 5.23. The number of ether oxygens (including phenoxy) is 2. The predicted molar refractivity (Wildman–Crippen MR) is 71.4 cm³/mol. The van der Waals surface area contributed by atoms with Crippen LogP contribution in [0.1, 0.15) is 16.9 Å². The highest BCUT2D eigenvalue weighted by Crippen LogP contribution is 2.31. The molecule has 4 rings (SSSR count). The lowest BCUT2D eigenvalue weighted by molar-refractivity contribution is -0.143. The Morgan fingerprint density at radius 1 is 1.38 bits per heavy atom. The monoisotopic (exact) mass is 289 g/mol. The third-order valence-electron chi connectivity index (χ3n) is 3.88. The molecule has 0 aliphatic carbocycles. The molecule has 2 aromatic heterocycles. The van der Waals surface area contributed by atoms with E-state index in [-0.39, 0.29) is 5.91 Å². The fraction of sp³-hybridized carbons (Fsp3) is 0.429. The minimum atomic E-state index is -0.601. The van der Waals surface area contributed by atoms with Crippen LogP contribution in [-0.2, 0) is 9.47 Å². The zero-order valence-corrected chi connectivity index (χ0v) is 11.4. The van der Waals surface area contributed by atoms with Crippen LogP contribution in [0.4, 0.5) is 0 Å². The van der Waals surface area contributed by atoms with Crippen molar-refractivity contribution < 1.29 is 18.7 Å². The molecule has 0 aromatic carbocycles. The second kappa shape index (κ2) is 4.71. The lowest BCUT2D eigenvalue weighted by Crippen LogP contribution is -2.37. The molecule has 0 saturated carbocycles. The summed E-state index contributed by atoms with van der Waals surface area (Å²) in [6.45, 7) is 2.25. The van der Waals surface area contributed by atoms with Crippen LogP contribution in [0, 0.1) is 0 Å². The molecule has 4 heterocycles. The molecule has 2 aliphatic heterocycles. The molecule has 0 atom stereocenters. The van der Waals surface area contributed by atoms with Crippen LogP contribution >= 0.6 is 0 Å². The summed E-state index contributed by atoms with van der Waals surface area (Å²) in [6, 6.07) is 5.30. The Balaban J connectivity index is 1.51. The molecule has 0 radical (unpaired) electrons. The molecule has 1 N–H and O–H groups in total.